The lowest BCUT2D eigenvalue weighted by atomic mass is 9.90. The van der Waals surface area contributed by atoms with Crippen molar-refractivity contribution in [2.75, 3.05) is 18.8 Å². The first-order chi connectivity index (χ1) is 13.2. The summed E-state index contributed by atoms with van der Waals surface area (Å²) in [6, 6.07) is 13.9. The molecule has 0 aliphatic carbocycles. The molecule has 1 saturated heterocycles. The minimum atomic E-state index is 0.318. The minimum absolute atomic E-state index is 0.318. The second kappa shape index (κ2) is 8.03. The molecule has 5 nitrogen and oxygen atoms in total. The summed E-state index contributed by atoms with van der Waals surface area (Å²) in [4.78, 5) is 15.8. The molecule has 27 heavy (non-hydrogen) atoms. The Kier molecular flexibility index (Phi) is 5.32. The third kappa shape index (κ3) is 4.26. The van der Waals surface area contributed by atoms with Crippen LogP contribution in [0.3, 0.4) is 0 Å². The van der Waals surface area contributed by atoms with Gasteiger partial charge in [0.15, 0.2) is 0 Å². The van der Waals surface area contributed by atoms with E-state index in [9.17, 15) is 0 Å². The lowest BCUT2D eigenvalue weighted by Crippen LogP contribution is -2.34. The Bertz CT molecular complexity index is 898. The number of hydrogen-bond donors (Lipinski definition) is 1. The largest absolute Gasteiger partial charge is 0.368 e. The number of hydrogen-bond acceptors (Lipinski definition) is 5. The number of nitrogen functional groups attached to an aromatic ring is 1. The van der Waals surface area contributed by atoms with Gasteiger partial charge >= 0.3 is 0 Å². The van der Waals surface area contributed by atoms with Crippen LogP contribution in [0.1, 0.15) is 30.1 Å². The average molecular weight is 380 g/mol. The van der Waals surface area contributed by atoms with Gasteiger partial charge < -0.3 is 5.73 Å². The van der Waals surface area contributed by atoms with Crippen molar-refractivity contribution in [1.29, 1.82) is 0 Å². The van der Waals surface area contributed by atoms with Crippen LogP contribution in [0.5, 0.6) is 0 Å². The molecule has 2 aromatic heterocycles. The molecular formula is C21H22ClN5. The summed E-state index contributed by atoms with van der Waals surface area (Å²) in [5, 5.41) is 0.718. The molecule has 3 heterocycles. The van der Waals surface area contributed by atoms with Crippen molar-refractivity contribution in [1.82, 2.24) is 19.9 Å². The molecule has 0 bridgehead atoms. The van der Waals surface area contributed by atoms with Gasteiger partial charge in [-0.3, -0.25) is 9.88 Å². The lowest BCUT2D eigenvalue weighted by Gasteiger charge is -2.33. The normalized spacial score (nSPS) is 17.7. The molecule has 138 valence electrons. The number of nitrogens with zero attached hydrogens (tertiary/aromatic N) is 4. The smallest absolute Gasteiger partial charge is 0.220 e. The maximum absolute atomic E-state index is 6.05. The van der Waals surface area contributed by atoms with Crippen molar-refractivity contribution in [3.05, 3.63) is 71.3 Å². The first-order valence-corrected chi connectivity index (χ1v) is 9.57. The Hall–Kier alpha value is -2.50. The molecular weight excluding hydrogens is 358 g/mol. The van der Waals surface area contributed by atoms with Crippen LogP contribution in [0.25, 0.3) is 11.1 Å². The molecule has 1 atom stereocenters. The Morgan fingerprint density at radius 2 is 1.96 bits per heavy atom. The summed E-state index contributed by atoms with van der Waals surface area (Å²) < 4.78 is 0. The molecule has 0 amide bonds. The molecule has 2 N–H and O–H groups in total. The molecule has 1 aliphatic heterocycles. The maximum atomic E-state index is 6.05. The number of rotatable bonds is 4. The van der Waals surface area contributed by atoms with Crippen LogP contribution in [-0.4, -0.2) is 32.9 Å². The van der Waals surface area contributed by atoms with Gasteiger partial charge in [0, 0.05) is 42.0 Å². The van der Waals surface area contributed by atoms with E-state index >= 15 is 0 Å². The fourth-order valence-electron chi connectivity index (χ4n) is 3.72. The Balaban J connectivity index is 1.60. The van der Waals surface area contributed by atoms with E-state index in [1.54, 1.807) is 0 Å². The number of nitrogens with two attached hydrogens (primary N) is 1. The van der Waals surface area contributed by atoms with E-state index in [1.807, 2.05) is 48.8 Å². The van der Waals surface area contributed by atoms with Crippen LogP contribution in [-0.2, 0) is 6.54 Å². The van der Waals surface area contributed by atoms with Gasteiger partial charge in [-0.05, 0) is 49.2 Å². The zero-order valence-electron chi connectivity index (χ0n) is 15.1. The summed E-state index contributed by atoms with van der Waals surface area (Å²) in [6.45, 7) is 2.87. The highest BCUT2D eigenvalue weighted by Gasteiger charge is 2.25. The minimum Gasteiger partial charge on any atom is -0.368 e. The number of likely N-dealkylation sites (tertiary alicyclic amines) is 1. The summed E-state index contributed by atoms with van der Waals surface area (Å²) in [5.41, 5.74) is 10.1. The van der Waals surface area contributed by atoms with Gasteiger partial charge in [-0.25, -0.2) is 9.97 Å². The zero-order chi connectivity index (χ0) is 18.6. The first kappa shape index (κ1) is 17.9. The van der Waals surface area contributed by atoms with Gasteiger partial charge in [0.1, 0.15) is 0 Å². The predicted octanol–water partition coefficient (Wildman–Crippen LogP) is 4.15. The standard InChI is InChI=1S/C21H22ClN5/c22-17-8-6-15(7-9-17)19-12-25-21(23)26-20(19)16-4-3-11-27(13-16)14-18-5-1-2-10-24-18/h1-2,5-10,12,16H,3-4,11,13-14H2,(H2,23,25,26). The van der Waals surface area contributed by atoms with Crippen molar-refractivity contribution in [3.8, 4) is 11.1 Å². The number of halogens is 1. The van der Waals surface area contributed by atoms with Crippen LogP contribution in [0.2, 0.25) is 5.02 Å². The topological polar surface area (TPSA) is 67.9 Å². The summed E-state index contributed by atoms with van der Waals surface area (Å²) in [6.07, 6.45) is 5.90. The van der Waals surface area contributed by atoms with Crippen LogP contribution >= 0.6 is 11.6 Å². The van der Waals surface area contributed by atoms with Crippen LogP contribution in [0, 0.1) is 0 Å². The van der Waals surface area contributed by atoms with E-state index in [2.05, 4.69) is 25.9 Å². The van der Waals surface area contributed by atoms with Crippen LogP contribution in [0.15, 0.2) is 54.9 Å². The average Bonchev–Trinajstić information content (AvgIpc) is 2.70. The van der Waals surface area contributed by atoms with E-state index < -0.39 is 0 Å². The van der Waals surface area contributed by atoms with Crippen molar-refractivity contribution in [3.63, 3.8) is 0 Å². The van der Waals surface area contributed by atoms with E-state index in [4.69, 9.17) is 17.3 Å². The Morgan fingerprint density at radius 1 is 1.11 bits per heavy atom. The fraction of sp³-hybridized carbons (Fsp3) is 0.286. The molecule has 3 aromatic rings. The third-order valence-corrected chi connectivity index (χ3v) is 5.25. The van der Waals surface area contributed by atoms with Gasteiger partial charge in [-0.15, -0.1) is 0 Å². The molecule has 1 aliphatic rings. The van der Waals surface area contributed by atoms with Gasteiger partial charge in [0.05, 0.1) is 11.4 Å². The fourth-order valence-corrected chi connectivity index (χ4v) is 3.84. The van der Waals surface area contributed by atoms with Crippen LogP contribution in [0.4, 0.5) is 5.95 Å². The highest BCUT2D eigenvalue weighted by atomic mass is 35.5. The summed E-state index contributed by atoms with van der Waals surface area (Å²) >= 11 is 6.05. The lowest BCUT2D eigenvalue weighted by molar-refractivity contribution is 0.196. The van der Waals surface area contributed by atoms with Gasteiger partial charge in [0.2, 0.25) is 5.95 Å². The Labute approximate surface area is 164 Å². The zero-order valence-corrected chi connectivity index (χ0v) is 15.8. The molecule has 1 unspecified atom stereocenters. The van der Waals surface area contributed by atoms with Crippen molar-refractivity contribution >= 4 is 17.5 Å². The van der Waals surface area contributed by atoms with Gasteiger partial charge in [-0.2, -0.15) is 0 Å². The molecule has 0 spiro atoms. The van der Waals surface area contributed by atoms with Gasteiger partial charge in [0.25, 0.3) is 0 Å². The highest BCUT2D eigenvalue weighted by Crippen LogP contribution is 2.34. The molecule has 0 radical (unpaired) electrons. The quantitative estimate of drug-likeness (QED) is 0.737. The molecule has 0 saturated carbocycles. The molecule has 4 rings (SSSR count). The number of aromatic nitrogens is 3. The van der Waals surface area contributed by atoms with Gasteiger partial charge in [-0.1, -0.05) is 29.8 Å². The second-order valence-corrected chi connectivity index (χ2v) is 7.37. The molecule has 6 heteroatoms. The summed E-state index contributed by atoms with van der Waals surface area (Å²) in [5.74, 6) is 0.642. The number of benzene rings is 1. The molecule has 1 aromatic carbocycles. The Morgan fingerprint density at radius 3 is 2.74 bits per heavy atom. The molecule has 1 fully saturated rings. The second-order valence-electron chi connectivity index (χ2n) is 6.93. The van der Waals surface area contributed by atoms with Crippen molar-refractivity contribution in [2.24, 2.45) is 0 Å². The SMILES string of the molecule is Nc1ncc(-c2ccc(Cl)cc2)c(C2CCCN(Cc3ccccn3)C2)n1. The number of anilines is 1. The van der Waals surface area contributed by atoms with E-state index in [1.165, 1.54) is 0 Å². The number of piperidine rings is 1. The van der Waals surface area contributed by atoms with E-state index in [0.717, 1.165) is 60.0 Å². The predicted molar refractivity (Wildman–Crippen MR) is 108 cm³/mol. The van der Waals surface area contributed by atoms with E-state index in [0.29, 0.717) is 11.9 Å². The maximum Gasteiger partial charge on any atom is 0.220 e. The number of pyridine rings is 1. The van der Waals surface area contributed by atoms with Crippen molar-refractivity contribution in [2.45, 2.75) is 25.3 Å². The van der Waals surface area contributed by atoms with Crippen LogP contribution < -0.4 is 5.73 Å². The monoisotopic (exact) mass is 379 g/mol. The van der Waals surface area contributed by atoms with E-state index in [-0.39, 0.29) is 0 Å². The first-order valence-electron chi connectivity index (χ1n) is 9.19. The summed E-state index contributed by atoms with van der Waals surface area (Å²) in [7, 11) is 0. The highest BCUT2D eigenvalue weighted by molar-refractivity contribution is 6.30. The van der Waals surface area contributed by atoms with Crippen molar-refractivity contribution < 1.29 is 0 Å². The third-order valence-electron chi connectivity index (χ3n) is 5.00.